The quantitative estimate of drug-likeness (QED) is 0.493. The summed E-state index contributed by atoms with van der Waals surface area (Å²) >= 11 is 0. The van der Waals surface area contributed by atoms with Gasteiger partial charge in [-0.05, 0) is 26.3 Å². The van der Waals surface area contributed by atoms with E-state index in [4.69, 9.17) is 15.3 Å². The normalized spacial score (nSPS) is 24.7. The molecule has 16 heavy (non-hydrogen) atoms. The zero-order valence-electron chi connectivity index (χ0n) is 9.66. The molecule has 1 saturated heterocycles. The zero-order chi connectivity index (χ0) is 11.9. The first kappa shape index (κ1) is 10.6. The second-order valence-electron chi connectivity index (χ2n) is 4.50. The summed E-state index contributed by atoms with van der Waals surface area (Å²) in [6, 6.07) is 4.26. The van der Waals surface area contributed by atoms with Crippen molar-refractivity contribution in [2.75, 3.05) is 13.1 Å². The van der Waals surface area contributed by atoms with E-state index in [9.17, 15) is 0 Å². The Morgan fingerprint density at radius 2 is 2.00 bits per heavy atom. The van der Waals surface area contributed by atoms with E-state index in [0.29, 0.717) is 17.0 Å². The summed E-state index contributed by atoms with van der Waals surface area (Å²) in [7, 11) is 0. The molecule has 0 N–H and O–H groups in total. The van der Waals surface area contributed by atoms with Crippen molar-refractivity contribution in [2.24, 2.45) is 0 Å². The lowest BCUT2D eigenvalue weighted by Gasteiger charge is -2.20. The van der Waals surface area contributed by atoms with Crippen LogP contribution in [0.25, 0.3) is 0 Å². The van der Waals surface area contributed by atoms with Gasteiger partial charge in [-0.3, -0.25) is 0 Å². The van der Waals surface area contributed by atoms with E-state index in [1.54, 1.807) is 0 Å². The Hall–Kier alpha value is -1.94. The van der Waals surface area contributed by atoms with Crippen LogP contribution < -0.4 is 0 Å². The molecule has 2 rings (SSSR count). The number of nitrogens with zero attached hydrogens (tertiary/aromatic N) is 3. The Kier molecular flexibility index (Phi) is 2.17. The molecule has 0 spiro atoms. The smallest absolute Gasteiger partial charge is 0.172 e. The first-order valence-electron chi connectivity index (χ1n) is 5.21. The predicted octanol–water partition coefficient (Wildman–Crippen LogP) is 1.69. The molecule has 2 aliphatic heterocycles. The highest BCUT2D eigenvalue weighted by Crippen LogP contribution is 2.40. The maximum Gasteiger partial charge on any atom is 0.172 e. The van der Waals surface area contributed by atoms with Crippen LogP contribution in [0.1, 0.15) is 20.8 Å². The van der Waals surface area contributed by atoms with Gasteiger partial charge in [0, 0.05) is 13.1 Å². The maximum atomic E-state index is 9.14. The summed E-state index contributed by atoms with van der Waals surface area (Å²) in [5.74, 6) is 0.449. The lowest BCUT2D eigenvalue weighted by molar-refractivity contribution is 0.0903. The van der Waals surface area contributed by atoms with Crippen molar-refractivity contribution in [3.8, 4) is 12.1 Å². The van der Waals surface area contributed by atoms with Gasteiger partial charge in [0.05, 0.1) is 5.57 Å². The van der Waals surface area contributed by atoms with E-state index < -0.39 is 5.60 Å². The Morgan fingerprint density at radius 3 is 2.44 bits per heavy atom. The third-order valence-corrected chi connectivity index (χ3v) is 3.06. The molecule has 82 valence electrons. The van der Waals surface area contributed by atoms with Crippen molar-refractivity contribution in [2.45, 2.75) is 26.4 Å². The Labute approximate surface area is 95.0 Å². The third kappa shape index (κ3) is 1.44. The van der Waals surface area contributed by atoms with Gasteiger partial charge in [0.1, 0.15) is 17.7 Å². The molecule has 0 bridgehead atoms. The molecule has 4 heteroatoms. The molecule has 0 radical (unpaired) electrons. The second kappa shape index (κ2) is 3.28. The van der Waals surface area contributed by atoms with Crippen LogP contribution in [-0.2, 0) is 4.74 Å². The molecule has 0 aromatic carbocycles. The molecule has 0 aliphatic carbocycles. The van der Waals surface area contributed by atoms with E-state index in [-0.39, 0.29) is 0 Å². The molecule has 0 aromatic rings. The number of nitriles is 2. The maximum absolute atomic E-state index is 9.14. The Balaban J connectivity index is 2.54. The van der Waals surface area contributed by atoms with E-state index >= 15 is 0 Å². The van der Waals surface area contributed by atoms with Gasteiger partial charge in [0.2, 0.25) is 0 Å². The molecule has 4 nitrogen and oxygen atoms in total. The van der Waals surface area contributed by atoms with Crippen molar-refractivity contribution in [1.82, 2.24) is 4.90 Å². The van der Waals surface area contributed by atoms with Crippen molar-refractivity contribution in [3.63, 3.8) is 0 Å². The van der Waals surface area contributed by atoms with Gasteiger partial charge in [-0.15, -0.1) is 0 Å². The minimum atomic E-state index is -0.488. The molecule has 2 aliphatic rings. The van der Waals surface area contributed by atoms with E-state index in [1.807, 2.05) is 25.7 Å². The lowest BCUT2D eigenvalue weighted by atomic mass is 9.97. The molecule has 0 atom stereocenters. The Morgan fingerprint density at radius 1 is 1.38 bits per heavy atom. The number of rotatable bonds is 1. The van der Waals surface area contributed by atoms with Crippen LogP contribution in [-0.4, -0.2) is 23.6 Å². The van der Waals surface area contributed by atoms with Crippen molar-refractivity contribution >= 4 is 0 Å². The van der Waals surface area contributed by atoms with Crippen LogP contribution in [0.4, 0.5) is 0 Å². The van der Waals surface area contributed by atoms with Crippen molar-refractivity contribution in [3.05, 3.63) is 22.6 Å². The average Bonchev–Trinajstić information content (AvgIpc) is 2.99. The Bertz CT molecular complexity index is 481. The summed E-state index contributed by atoms with van der Waals surface area (Å²) in [6.07, 6.45) is 0. The van der Waals surface area contributed by atoms with Crippen LogP contribution in [0.15, 0.2) is 22.6 Å². The van der Waals surface area contributed by atoms with Crippen LogP contribution in [0.5, 0.6) is 0 Å². The van der Waals surface area contributed by atoms with Gasteiger partial charge in [-0.2, -0.15) is 10.5 Å². The third-order valence-electron chi connectivity index (χ3n) is 3.06. The highest BCUT2D eigenvalue weighted by molar-refractivity contribution is 5.53. The monoisotopic (exact) mass is 215 g/mol. The predicted molar refractivity (Wildman–Crippen MR) is 57.7 cm³/mol. The zero-order valence-corrected chi connectivity index (χ0v) is 9.66. The fourth-order valence-electron chi connectivity index (χ4n) is 1.69. The highest BCUT2D eigenvalue weighted by Gasteiger charge is 2.39. The fourth-order valence-corrected chi connectivity index (χ4v) is 1.69. The molecule has 0 amide bonds. The van der Waals surface area contributed by atoms with Gasteiger partial charge < -0.3 is 9.64 Å². The molecule has 1 fully saturated rings. The van der Waals surface area contributed by atoms with Gasteiger partial charge in [0.15, 0.2) is 11.5 Å². The topological polar surface area (TPSA) is 59.8 Å². The van der Waals surface area contributed by atoms with Gasteiger partial charge in [0.25, 0.3) is 0 Å². The molecular weight excluding hydrogens is 202 g/mol. The number of ether oxygens (including phenoxy) is 1. The average molecular weight is 215 g/mol. The summed E-state index contributed by atoms with van der Waals surface area (Å²) < 4.78 is 5.74. The number of hydrogen-bond donors (Lipinski definition) is 0. The van der Waals surface area contributed by atoms with Gasteiger partial charge in [-0.1, -0.05) is 0 Å². The minimum absolute atomic E-state index is 0.449. The van der Waals surface area contributed by atoms with Crippen LogP contribution in [0.2, 0.25) is 0 Å². The summed E-state index contributed by atoms with van der Waals surface area (Å²) in [4.78, 5) is 1.90. The van der Waals surface area contributed by atoms with E-state index in [1.165, 1.54) is 0 Å². The lowest BCUT2D eigenvalue weighted by Crippen LogP contribution is -2.20. The molecular formula is C12H13N3O. The van der Waals surface area contributed by atoms with Crippen LogP contribution >= 0.6 is 0 Å². The van der Waals surface area contributed by atoms with E-state index in [2.05, 4.69) is 12.1 Å². The van der Waals surface area contributed by atoms with E-state index in [0.717, 1.165) is 18.7 Å². The molecule has 0 saturated carbocycles. The van der Waals surface area contributed by atoms with Gasteiger partial charge >= 0.3 is 0 Å². The van der Waals surface area contributed by atoms with Gasteiger partial charge in [-0.25, -0.2) is 0 Å². The summed E-state index contributed by atoms with van der Waals surface area (Å²) in [5.41, 5.74) is 1.40. The van der Waals surface area contributed by atoms with Crippen molar-refractivity contribution < 1.29 is 4.74 Å². The summed E-state index contributed by atoms with van der Waals surface area (Å²) in [6.45, 7) is 7.43. The first-order valence-corrected chi connectivity index (χ1v) is 5.21. The number of allylic oxidation sites excluding steroid dienone is 2. The van der Waals surface area contributed by atoms with Crippen LogP contribution in [0.3, 0.4) is 0 Å². The molecule has 2 heterocycles. The SMILES string of the molecule is CC1=C(C#N)/C(=C(\C#N)N2CC2)OC1(C)C. The molecule has 0 aromatic heterocycles. The van der Waals surface area contributed by atoms with Crippen LogP contribution in [0, 0.1) is 22.7 Å². The second-order valence-corrected chi connectivity index (χ2v) is 4.50. The molecule has 0 unspecified atom stereocenters. The minimum Gasteiger partial charge on any atom is -0.479 e. The summed E-state index contributed by atoms with van der Waals surface area (Å²) in [5, 5.41) is 18.2. The first-order chi connectivity index (χ1) is 7.51. The largest absolute Gasteiger partial charge is 0.479 e. The highest BCUT2D eigenvalue weighted by atomic mass is 16.5. The fraction of sp³-hybridized carbons (Fsp3) is 0.500. The number of hydrogen-bond acceptors (Lipinski definition) is 4. The standard InChI is InChI=1S/C12H13N3O/c1-8-9(6-13)11(16-12(8,2)3)10(7-14)15-4-5-15/h4-5H2,1-3H3/b11-10-. The van der Waals surface area contributed by atoms with Crippen molar-refractivity contribution in [1.29, 1.82) is 10.5 Å².